The van der Waals surface area contributed by atoms with Crippen molar-refractivity contribution in [2.24, 2.45) is 0 Å². The largest absolute Gasteiger partial charge is 0.398 e. The highest BCUT2D eigenvalue weighted by Crippen LogP contribution is 2.24. The number of anilines is 1. The molecule has 0 amide bonds. The van der Waals surface area contributed by atoms with Gasteiger partial charge >= 0.3 is 0 Å². The number of benzene rings is 2. The minimum absolute atomic E-state index is 0.0807. The molecule has 0 aliphatic rings. The van der Waals surface area contributed by atoms with E-state index in [1.807, 2.05) is 25.1 Å². The second-order valence-corrected chi connectivity index (χ2v) is 4.29. The van der Waals surface area contributed by atoms with Crippen LogP contribution >= 0.6 is 11.6 Å². The first-order valence-corrected chi connectivity index (χ1v) is 5.63. The van der Waals surface area contributed by atoms with Crippen molar-refractivity contribution in [2.45, 2.75) is 6.92 Å². The average Bonchev–Trinajstić information content (AvgIpc) is 2.34. The maximum atomic E-state index is 12.2. The van der Waals surface area contributed by atoms with Crippen LogP contribution in [0.15, 0.2) is 42.5 Å². The van der Waals surface area contributed by atoms with Crippen LogP contribution in [0, 0.1) is 6.92 Å². The summed E-state index contributed by atoms with van der Waals surface area (Å²) in [5, 5.41) is 0.576. The van der Waals surface area contributed by atoms with E-state index in [1.165, 1.54) is 0 Å². The highest BCUT2D eigenvalue weighted by molar-refractivity contribution is 6.32. The molecular formula is C14H12ClNO. The molecule has 0 fully saturated rings. The Morgan fingerprint density at radius 1 is 1.18 bits per heavy atom. The lowest BCUT2D eigenvalue weighted by Gasteiger charge is -2.07. The number of nitrogen functional groups attached to an aromatic ring is 1. The van der Waals surface area contributed by atoms with Crippen LogP contribution in [0.4, 0.5) is 5.69 Å². The van der Waals surface area contributed by atoms with Crippen LogP contribution in [0.25, 0.3) is 0 Å². The van der Waals surface area contributed by atoms with E-state index in [-0.39, 0.29) is 5.78 Å². The number of carbonyl (C=O) groups excluding carboxylic acids is 1. The Kier molecular flexibility index (Phi) is 3.16. The van der Waals surface area contributed by atoms with E-state index < -0.39 is 0 Å². The number of carbonyl (C=O) groups is 1. The summed E-state index contributed by atoms with van der Waals surface area (Å²) < 4.78 is 0. The van der Waals surface area contributed by atoms with Gasteiger partial charge in [-0.15, -0.1) is 0 Å². The molecular weight excluding hydrogens is 234 g/mol. The number of ketones is 1. The minimum atomic E-state index is -0.0807. The summed E-state index contributed by atoms with van der Waals surface area (Å²) in [6.45, 7) is 1.85. The third kappa shape index (κ3) is 2.32. The van der Waals surface area contributed by atoms with Gasteiger partial charge in [-0.05, 0) is 24.6 Å². The maximum absolute atomic E-state index is 12.2. The fourth-order valence-electron chi connectivity index (χ4n) is 1.64. The third-order valence-corrected chi connectivity index (χ3v) is 3.02. The van der Waals surface area contributed by atoms with E-state index in [9.17, 15) is 4.79 Å². The molecule has 86 valence electrons. The van der Waals surface area contributed by atoms with Crippen molar-refractivity contribution in [2.75, 3.05) is 5.73 Å². The second-order valence-electron chi connectivity index (χ2n) is 3.88. The first-order valence-electron chi connectivity index (χ1n) is 5.25. The molecule has 2 N–H and O–H groups in total. The molecule has 2 aromatic carbocycles. The SMILES string of the molecule is Cc1cc(C(=O)c2ccccc2)c(N)cc1Cl. The minimum Gasteiger partial charge on any atom is -0.398 e. The highest BCUT2D eigenvalue weighted by atomic mass is 35.5. The number of hydrogen-bond acceptors (Lipinski definition) is 2. The van der Waals surface area contributed by atoms with Crippen molar-refractivity contribution in [3.8, 4) is 0 Å². The lowest BCUT2D eigenvalue weighted by atomic mass is 10.00. The molecule has 2 aromatic rings. The topological polar surface area (TPSA) is 43.1 Å². The number of halogens is 1. The van der Waals surface area contributed by atoms with Crippen molar-refractivity contribution < 1.29 is 4.79 Å². The molecule has 2 rings (SSSR count). The van der Waals surface area contributed by atoms with Crippen LogP contribution in [0.3, 0.4) is 0 Å². The third-order valence-electron chi connectivity index (χ3n) is 2.61. The molecule has 17 heavy (non-hydrogen) atoms. The Hall–Kier alpha value is -1.80. The van der Waals surface area contributed by atoms with E-state index in [0.717, 1.165) is 5.56 Å². The molecule has 0 bridgehead atoms. The van der Waals surface area contributed by atoms with Crippen LogP contribution in [0.2, 0.25) is 5.02 Å². The van der Waals surface area contributed by atoms with Gasteiger partial charge in [0.2, 0.25) is 0 Å². The molecule has 0 spiro atoms. The fraction of sp³-hybridized carbons (Fsp3) is 0.0714. The molecule has 0 heterocycles. The van der Waals surface area contributed by atoms with Gasteiger partial charge in [-0.2, -0.15) is 0 Å². The molecule has 2 nitrogen and oxygen atoms in total. The van der Waals surface area contributed by atoms with Crippen molar-refractivity contribution in [1.29, 1.82) is 0 Å². The van der Waals surface area contributed by atoms with Crippen LogP contribution in [0.5, 0.6) is 0 Å². The summed E-state index contributed by atoms with van der Waals surface area (Å²) in [5.41, 5.74) is 8.21. The lowest BCUT2D eigenvalue weighted by Crippen LogP contribution is -2.05. The second kappa shape index (κ2) is 4.60. The predicted molar refractivity (Wildman–Crippen MR) is 70.5 cm³/mol. The Bertz CT molecular complexity index is 564. The zero-order valence-electron chi connectivity index (χ0n) is 9.41. The molecule has 0 aromatic heterocycles. The first-order chi connectivity index (χ1) is 8.09. The summed E-state index contributed by atoms with van der Waals surface area (Å²) >= 11 is 5.95. The fourth-order valence-corrected chi connectivity index (χ4v) is 1.81. The zero-order valence-corrected chi connectivity index (χ0v) is 10.2. The standard InChI is InChI=1S/C14H12ClNO/c1-9-7-11(13(16)8-12(9)15)14(17)10-5-3-2-4-6-10/h2-8H,16H2,1H3. The molecule has 3 heteroatoms. The number of nitrogens with two attached hydrogens (primary N) is 1. The van der Waals surface area contributed by atoms with Crippen molar-refractivity contribution in [3.05, 3.63) is 64.2 Å². The van der Waals surface area contributed by atoms with E-state index in [1.54, 1.807) is 24.3 Å². The molecule has 0 aliphatic carbocycles. The van der Waals surface area contributed by atoms with Gasteiger partial charge in [-0.25, -0.2) is 0 Å². The summed E-state index contributed by atoms with van der Waals surface area (Å²) in [7, 11) is 0. The molecule has 0 radical (unpaired) electrons. The zero-order chi connectivity index (χ0) is 12.4. The number of aryl methyl sites for hydroxylation is 1. The molecule has 0 saturated heterocycles. The van der Waals surface area contributed by atoms with E-state index in [0.29, 0.717) is 21.8 Å². The lowest BCUT2D eigenvalue weighted by molar-refractivity contribution is 0.103. The Balaban J connectivity index is 2.48. The Morgan fingerprint density at radius 3 is 2.47 bits per heavy atom. The van der Waals surface area contributed by atoms with Crippen LogP contribution in [-0.4, -0.2) is 5.78 Å². The quantitative estimate of drug-likeness (QED) is 0.650. The van der Waals surface area contributed by atoms with E-state index in [4.69, 9.17) is 17.3 Å². The Morgan fingerprint density at radius 2 is 1.82 bits per heavy atom. The number of rotatable bonds is 2. The summed E-state index contributed by atoms with van der Waals surface area (Å²) in [4.78, 5) is 12.2. The normalized spacial score (nSPS) is 10.2. The van der Waals surface area contributed by atoms with Crippen molar-refractivity contribution in [1.82, 2.24) is 0 Å². The van der Waals surface area contributed by atoms with Crippen LogP contribution < -0.4 is 5.73 Å². The summed E-state index contributed by atoms with van der Waals surface area (Å²) in [6.07, 6.45) is 0. The monoisotopic (exact) mass is 245 g/mol. The summed E-state index contributed by atoms with van der Waals surface area (Å²) in [6, 6.07) is 12.4. The predicted octanol–water partition coefficient (Wildman–Crippen LogP) is 3.46. The highest BCUT2D eigenvalue weighted by Gasteiger charge is 2.13. The van der Waals surface area contributed by atoms with Gasteiger partial charge in [-0.1, -0.05) is 41.9 Å². The number of hydrogen-bond donors (Lipinski definition) is 1. The van der Waals surface area contributed by atoms with E-state index >= 15 is 0 Å². The molecule has 0 saturated carbocycles. The van der Waals surface area contributed by atoms with Crippen LogP contribution in [0.1, 0.15) is 21.5 Å². The van der Waals surface area contributed by atoms with Crippen LogP contribution in [-0.2, 0) is 0 Å². The molecule has 0 unspecified atom stereocenters. The van der Waals surface area contributed by atoms with Gasteiger partial charge in [0.25, 0.3) is 0 Å². The maximum Gasteiger partial charge on any atom is 0.195 e. The average molecular weight is 246 g/mol. The van der Waals surface area contributed by atoms with Gasteiger partial charge in [0, 0.05) is 21.8 Å². The van der Waals surface area contributed by atoms with Gasteiger partial charge in [0.05, 0.1) is 0 Å². The van der Waals surface area contributed by atoms with Gasteiger partial charge in [0.1, 0.15) is 0 Å². The van der Waals surface area contributed by atoms with Gasteiger partial charge in [0.15, 0.2) is 5.78 Å². The Labute approximate surface area is 105 Å². The van der Waals surface area contributed by atoms with Gasteiger partial charge < -0.3 is 5.73 Å². The molecule has 0 aliphatic heterocycles. The molecule has 0 atom stereocenters. The van der Waals surface area contributed by atoms with Crippen molar-refractivity contribution in [3.63, 3.8) is 0 Å². The first kappa shape index (κ1) is 11.7. The van der Waals surface area contributed by atoms with Crippen molar-refractivity contribution >= 4 is 23.1 Å². The smallest absolute Gasteiger partial charge is 0.195 e. The van der Waals surface area contributed by atoms with E-state index in [2.05, 4.69) is 0 Å². The summed E-state index contributed by atoms with van der Waals surface area (Å²) in [5.74, 6) is -0.0807. The van der Waals surface area contributed by atoms with Gasteiger partial charge in [-0.3, -0.25) is 4.79 Å².